The van der Waals surface area contributed by atoms with Crippen LogP contribution in [-0.2, 0) is 9.53 Å². The predicted molar refractivity (Wildman–Crippen MR) is 58.3 cm³/mol. The summed E-state index contributed by atoms with van der Waals surface area (Å²) in [4.78, 5) is 13.3. The Hall–Kier alpha value is -0.650. The highest BCUT2D eigenvalue weighted by Gasteiger charge is 2.25. The second-order valence-corrected chi connectivity index (χ2v) is 4.34. The molecule has 88 valence electrons. The van der Waals surface area contributed by atoms with Crippen LogP contribution in [0.1, 0.15) is 19.8 Å². The molecule has 0 spiro atoms. The molecule has 0 aliphatic carbocycles. The summed E-state index contributed by atoms with van der Waals surface area (Å²) in [5.74, 6) is -0.426. The van der Waals surface area contributed by atoms with Crippen LogP contribution in [0, 0.1) is 0 Å². The average molecular weight is 215 g/mol. The molecular formula is C10H21N3O2. The van der Waals surface area contributed by atoms with Crippen molar-refractivity contribution in [3.8, 4) is 0 Å². The summed E-state index contributed by atoms with van der Waals surface area (Å²) >= 11 is 0. The van der Waals surface area contributed by atoms with Crippen molar-refractivity contribution in [2.24, 2.45) is 11.5 Å². The van der Waals surface area contributed by atoms with Crippen molar-refractivity contribution in [1.82, 2.24) is 4.90 Å². The Morgan fingerprint density at radius 1 is 1.47 bits per heavy atom. The number of carbonyl (C=O) groups excluding carboxylic acids is 1. The smallest absolute Gasteiger partial charge is 0.237 e. The Bertz CT molecular complexity index is 213. The number of hydrogen-bond donors (Lipinski definition) is 2. The van der Waals surface area contributed by atoms with E-state index in [9.17, 15) is 4.79 Å². The average Bonchev–Trinajstić information content (AvgIpc) is 2.19. The van der Waals surface area contributed by atoms with Crippen molar-refractivity contribution in [2.75, 3.05) is 32.8 Å². The Kier molecular flexibility index (Phi) is 4.50. The molecule has 15 heavy (non-hydrogen) atoms. The summed E-state index contributed by atoms with van der Waals surface area (Å²) in [6.45, 7) is 6.19. The number of carbonyl (C=O) groups is 1. The molecule has 1 saturated heterocycles. The molecule has 0 aromatic carbocycles. The predicted octanol–water partition coefficient (Wildman–Crippen LogP) is -0.698. The van der Waals surface area contributed by atoms with Gasteiger partial charge < -0.3 is 16.2 Å². The van der Waals surface area contributed by atoms with Gasteiger partial charge in [-0.25, -0.2) is 0 Å². The van der Waals surface area contributed by atoms with E-state index in [-0.39, 0.29) is 0 Å². The number of nitrogens with zero attached hydrogens (tertiary/aromatic N) is 1. The summed E-state index contributed by atoms with van der Waals surface area (Å²) in [7, 11) is 0. The number of primary amides is 1. The molecule has 1 heterocycles. The lowest BCUT2D eigenvalue weighted by Gasteiger charge is -2.28. The van der Waals surface area contributed by atoms with Gasteiger partial charge in [-0.3, -0.25) is 9.69 Å². The van der Waals surface area contributed by atoms with E-state index in [4.69, 9.17) is 16.2 Å². The maximum absolute atomic E-state index is 11.0. The van der Waals surface area contributed by atoms with Gasteiger partial charge in [0.05, 0.1) is 18.8 Å². The number of morpholine rings is 1. The molecule has 1 aliphatic heterocycles. The molecule has 1 amide bonds. The van der Waals surface area contributed by atoms with E-state index in [1.54, 1.807) is 6.92 Å². The Balaban J connectivity index is 2.17. The van der Waals surface area contributed by atoms with Crippen LogP contribution in [0.4, 0.5) is 0 Å². The van der Waals surface area contributed by atoms with E-state index < -0.39 is 11.4 Å². The molecule has 1 rings (SSSR count). The van der Waals surface area contributed by atoms with Crippen molar-refractivity contribution >= 4 is 5.91 Å². The SMILES string of the molecule is CC(N)(CCCN1CCOCC1)C(N)=O. The molecule has 1 atom stereocenters. The van der Waals surface area contributed by atoms with E-state index in [1.807, 2.05) is 0 Å². The third-order valence-corrected chi connectivity index (χ3v) is 2.84. The normalized spacial score (nSPS) is 22.3. The van der Waals surface area contributed by atoms with Crippen molar-refractivity contribution in [3.05, 3.63) is 0 Å². The maximum Gasteiger partial charge on any atom is 0.237 e. The van der Waals surface area contributed by atoms with Crippen LogP contribution in [0.3, 0.4) is 0 Å². The van der Waals surface area contributed by atoms with Crippen molar-refractivity contribution in [3.63, 3.8) is 0 Å². The highest BCUT2D eigenvalue weighted by molar-refractivity contribution is 5.83. The number of nitrogens with two attached hydrogens (primary N) is 2. The zero-order chi connectivity index (χ0) is 11.3. The minimum absolute atomic E-state index is 0.426. The molecule has 1 unspecified atom stereocenters. The van der Waals surface area contributed by atoms with E-state index in [0.717, 1.165) is 39.3 Å². The Morgan fingerprint density at radius 3 is 2.60 bits per heavy atom. The molecule has 5 nitrogen and oxygen atoms in total. The minimum Gasteiger partial charge on any atom is -0.379 e. The Labute approximate surface area is 90.7 Å². The first-order valence-electron chi connectivity index (χ1n) is 5.41. The lowest BCUT2D eigenvalue weighted by Crippen LogP contribution is -2.49. The number of rotatable bonds is 5. The summed E-state index contributed by atoms with van der Waals surface area (Å²) < 4.78 is 5.24. The van der Waals surface area contributed by atoms with Gasteiger partial charge in [0, 0.05) is 13.1 Å². The molecule has 0 saturated carbocycles. The molecule has 0 radical (unpaired) electrons. The van der Waals surface area contributed by atoms with Crippen LogP contribution in [0.15, 0.2) is 0 Å². The van der Waals surface area contributed by atoms with Gasteiger partial charge >= 0.3 is 0 Å². The fraction of sp³-hybridized carbons (Fsp3) is 0.900. The lowest BCUT2D eigenvalue weighted by molar-refractivity contribution is -0.122. The van der Waals surface area contributed by atoms with Gasteiger partial charge in [-0.1, -0.05) is 0 Å². The van der Waals surface area contributed by atoms with Crippen LogP contribution in [-0.4, -0.2) is 49.2 Å². The quantitative estimate of drug-likeness (QED) is 0.635. The standard InChI is InChI=1S/C10H21N3O2/c1-10(12,9(11)14)3-2-4-13-5-7-15-8-6-13/h2-8,12H2,1H3,(H2,11,14). The van der Waals surface area contributed by atoms with E-state index >= 15 is 0 Å². The molecule has 1 fully saturated rings. The van der Waals surface area contributed by atoms with Gasteiger partial charge in [-0.15, -0.1) is 0 Å². The van der Waals surface area contributed by atoms with Gasteiger partial charge in [0.1, 0.15) is 0 Å². The molecule has 5 heteroatoms. The second kappa shape index (κ2) is 5.44. The van der Waals surface area contributed by atoms with Crippen LogP contribution in [0.2, 0.25) is 0 Å². The van der Waals surface area contributed by atoms with Gasteiger partial charge in [0.2, 0.25) is 5.91 Å². The molecule has 0 bridgehead atoms. The monoisotopic (exact) mass is 215 g/mol. The lowest BCUT2D eigenvalue weighted by atomic mass is 9.96. The van der Waals surface area contributed by atoms with Crippen molar-refractivity contribution in [1.29, 1.82) is 0 Å². The highest BCUT2D eigenvalue weighted by atomic mass is 16.5. The summed E-state index contributed by atoms with van der Waals surface area (Å²) in [5.41, 5.74) is 10.1. The summed E-state index contributed by atoms with van der Waals surface area (Å²) in [6.07, 6.45) is 1.54. The van der Waals surface area contributed by atoms with Crippen LogP contribution < -0.4 is 11.5 Å². The van der Waals surface area contributed by atoms with Gasteiger partial charge in [-0.05, 0) is 26.3 Å². The maximum atomic E-state index is 11.0. The first kappa shape index (κ1) is 12.4. The minimum atomic E-state index is -0.869. The zero-order valence-corrected chi connectivity index (χ0v) is 9.37. The topological polar surface area (TPSA) is 81.6 Å². The van der Waals surface area contributed by atoms with Crippen molar-refractivity contribution in [2.45, 2.75) is 25.3 Å². The largest absolute Gasteiger partial charge is 0.379 e. The van der Waals surface area contributed by atoms with Gasteiger partial charge in [0.15, 0.2) is 0 Å². The van der Waals surface area contributed by atoms with E-state index in [2.05, 4.69) is 4.90 Å². The fourth-order valence-electron chi connectivity index (χ4n) is 1.62. The number of amides is 1. The molecule has 0 aromatic rings. The highest BCUT2D eigenvalue weighted by Crippen LogP contribution is 2.09. The van der Waals surface area contributed by atoms with Crippen molar-refractivity contribution < 1.29 is 9.53 Å². The molecular weight excluding hydrogens is 194 g/mol. The van der Waals surface area contributed by atoms with Crippen LogP contribution >= 0.6 is 0 Å². The zero-order valence-electron chi connectivity index (χ0n) is 9.37. The first-order chi connectivity index (χ1) is 7.02. The van der Waals surface area contributed by atoms with Crippen LogP contribution in [0.25, 0.3) is 0 Å². The van der Waals surface area contributed by atoms with E-state index in [0.29, 0.717) is 6.42 Å². The first-order valence-corrected chi connectivity index (χ1v) is 5.41. The molecule has 0 aromatic heterocycles. The van der Waals surface area contributed by atoms with Gasteiger partial charge in [-0.2, -0.15) is 0 Å². The number of hydrogen-bond acceptors (Lipinski definition) is 4. The fourth-order valence-corrected chi connectivity index (χ4v) is 1.62. The third kappa shape index (κ3) is 4.15. The third-order valence-electron chi connectivity index (χ3n) is 2.84. The summed E-state index contributed by atoms with van der Waals surface area (Å²) in [5, 5.41) is 0. The summed E-state index contributed by atoms with van der Waals surface area (Å²) in [6, 6.07) is 0. The van der Waals surface area contributed by atoms with Crippen LogP contribution in [0.5, 0.6) is 0 Å². The molecule has 1 aliphatic rings. The Morgan fingerprint density at radius 2 is 2.07 bits per heavy atom. The second-order valence-electron chi connectivity index (χ2n) is 4.34. The molecule has 4 N–H and O–H groups in total. The number of ether oxygens (including phenoxy) is 1. The van der Waals surface area contributed by atoms with Gasteiger partial charge in [0.25, 0.3) is 0 Å². The van der Waals surface area contributed by atoms with E-state index in [1.165, 1.54) is 0 Å².